The summed E-state index contributed by atoms with van der Waals surface area (Å²) >= 11 is 1.36. The Balaban J connectivity index is 1.62. The van der Waals surface area contributed by atoms with Crippen molar-refractivity contribution in [1.82, 2.24) is 15.1 Å². The fourth-order valence-electron chi connectivity index (χ4n) is 2.81. The minimum absolute atomic E-state index is 0.143. The minimum Gasteiger partial charge on any atom is -0.338 e. The highest BCUT2D eigenvalue weighted by atomic mass is 32.1. The first-order valence-electron chi connectivity index (χ1n) is 8.25. The average molecular weight is 362 g/mol. The lowest BCUT2D eigenvalue weighted by atomic mass is 9.96. The van der Waals surface area contributed by atoms with Crippen molar-refractivity contribution in [1.29, 1.82) is 0 Å². The summed E-state index contributed by atoms with van der Waals surface area (Å²) in [5.74, 6) is -0.986. The van der Waals surface area contributed by atoms with Crippen molar-refractivity contribution in [2.45, 2.75) is 26.2 Å². The molecule has 2 heterocycles. The molecule has 1 aliphatic rings. The highest BCUT2D eigenvalue weighted by molar-refractivity contribution is 7.15. The molecule has 1 atom stereocenters. The van der Waals surface area contributed by atoms with Gasteiger partial charge in [0.2, 0.25) is 11.0 Å². The summed E-state index contributed by atoms with van der Waals surface area (Å²) in [6.07, 6.45) is 2.25. The predicted molar refractivity (Wildman–Crippen MR) is 92.9 cm³/mol. The van der Waals surface area contributed by atoms with E-state index in [4.69, 9.17) is 0 Å². The van der Waals surface area contributed by atoms with Gasteiger partial charge in [0.25, 0.3) is 5.91 Å². The van der Waals surface area contributed by atoms with Crippen LogP contribution in [-0.4, -0.2) is 40.0 Å². The zero-order valence-corrected chi connectivity index (χ0v) is 14.7. The van der Waals surface area contributed by atoms with Gasteiger partial charge in [-0.3, -0.25) is 9.59 Å². The van der Waals surface area contributed by atoms with Gasteiger partial charge in [-0.05, 0) is 43.5 Å². The number of piperidine rings is 1. The summed E-state index contributed by atoms with van der Waals surface area (Å²) < 4.78 is 13.0. The molecule has 0 spiro atoms. The molecular formula is C17H19FN4O2S. The first-order valence-corrected chi connectivity index (χ1v) is 9.06. The van der Waals surface area contributed by atoms with Crippen molar-refractivity contribution in [2.24, 2.45) is 5.92 Å². The van der Waals surface area contributed by atoms with Crippen LogP contribution in [0, 0.1) is 11.7 Å². The van der Waals surface area contributed by atoms with E-state index in [0.717, 1.165) is 24.3 Å². The van der Waals surface area contributed by atoms with Crippen LogP contribution in [0.1, 0.15) is 35.1 Å². The van der Waals surface area contributed by atoms with Crippen LogP contribution in [0.5, 0.6) is 0 Å². The number of carbonyl (C=O) groups excluding carboxylic acids is 2. The summed E-state index contributed by atoms with van der Waals surface area (Å²) in [6.45, 7) is 2.92. The number of aryl methyl sites for hydroxylation is 1. The number of anilines is 1. The standard InChI is InChI=1S/C17H19FN4O2S/c1-2-14-20-21-17(25-14)19-15(23)12-4-3-9-22(10-12)16(24)11-5-7-13(18)8-6-11/h5-8,12H,2-4,9-10H2,1H3,(H,19,21,23)/t12-/m1/s1. The van der Waals surface area contributed by atoms with E-state index in [-0.39, 0.29) is 23.5 Å². The molecule has 0 saturated carbocycles. The van der Waals surface area contributed by atoms with Crippen molar-refractivity contribution < 1.29 is 14.0 Å². The molecule has 0 radical (unpaired) electrons. The van der Waals surface area contributed by atoms with Crippen LogP contribution in [0.15, 0.2) is 24.3 Å². The zero-order valence-electron chi connectivity index (χ0n) is 13.9. The van der Waals surface area contributed by atoms with Gasteiger partial charge in [-0.25, -0.2) is 4.39 Å². The van der Waals surface area contributed by atoms with Gasteiger partial charge in [0, 0.05) is 18.7 Å². The molecule has 1 aliphatic heterocycles. The fourth-order valence-corrected chi connectivity index (χ4v) is 3.49. The molecular weight excluding hydrogens is 343 g/mol. The number of aromatic nitrogens is 2. The van der Waals surface area contributed by atoms with Crippen LogP contribution >= 0.6 is 11.3 Å². The first kappa shape index (κ1) is 17.5. The van der Waals surface area contributed by atoms with E-state index in [1.807, 2.05) is 6.92 Å². The molecule has 2 aromatic rings. The Morgan fingerprint density at radius 3 is 2.76 bits per heavy atom. The average Bonchev–Trinajstić information content (AvgIpc) is 3.09. The molecule has 1 aromatic heterocycles. The highest BCUT2D eigenvalue weighted by Gasteiger charge is 2.29. The Bertz CT molecular complexity index is 762. The van der Waals surface area contributed by atoms with E-state index < -0.39 is 0 Å². The van der Waals surface area contributed by atoms with Crippen LogP contribution in [0.3, 0.4) is 0 Å². The number of hydrogen-bond donors (Lipinski definition) is 1. The quantitative estimate of drug-likeness (QED) is 0.907. The first-order chi connectivity index (χ1) is 12.1. The summed E-state index contributed by atoms with van der Waals surface area (Å²) in [7, 11) is 0. The maximum atomic E-state index is 13.0. The van der Waals surface area contributed by atoms with Gasteiger partial charge in [-0.1, -0.05) is 18.3 Å². The van der Waals surface area contributed by atoms with Gasteiger partial charge in [0.15, 0.2) is 0 Å². The van der Waals surface area contributed by atoms with Gasteiger partial charge < -0.3 is 10.2 Å². The lowest BCUT2D eigenvalue weighted by Crippen LogP contribution is -2.43. The minimum atomic E-state index is -0.379. The molecule has 132 valence electrons. The van der Waals surface area contributed by atoms with Crippen LogP contribution in [-0.2, 0) is 11.2 Å². The maximum absolute atomic E-state index is 13.0. The normalized spacial score (nSPS) is 17.4. The van der Waals surface area contributed by atoms with E-state index in [2.05, 4.69) is 15.5 Å². The number of carbonyl (C=O) groups is 2. The second-order valence-corrected chi connectivity index (χ2v) is 7.00. The van der Waals surface area contributed by atoms with Gasteiger partial charge in [-0.15, -0.1) is 10.2 Å². The molecule has 1 N–H and O–H groups in total. The van der Waals surface area contributed by atoms with Crippen molar-refractivity contribution in [3.63, 3.8) is 0 Å². The fraction of sp³-hybridized carbons (Fsp3) is 0.412. The molecule has 1 saturated heterocycles. The van der Waals surface area contributed by atoms with Gasteiger partial charge in [0.05, 0.1) is 5.92 Å². The second kappa shape index (κ2) is 7.69. The monoisotopic (exact) mass is 362 g/mol. The third-order valence-electron chi connectivity index (χ3n) is 4.17. The summed E-state index contributed by atoms with van der Waals surface area (Å²) in [5, 5.41) is 12.1. The smallest absolute Gasteiger partial charge is 0.253 e. The summed E-state index contributed by atoms with van der Waals surface area (Å²) in [4.78, 5) is 26.6. The Kier molecular flexibility index (Phi) is 5.37. The van der Waals surface area contributed by atoms with Crippen LogP contribution in [0.25, 0.3) is 0 Å². The van der Waals surface area contributed by atoms with E-state index in [1.54, 1.807) is 4.90 Å². The van der Waals surface area contributed by atoms with E-state index in [1.165, 1.54) is 35.6 Å². The van der Waals surface area contributed by atoms with Crippen LogP contribution in [0.2, 0.25) is 0 Å². The number of benzene rings is 1. The molecule has 0 unspecified atom stereocenters. The third-order valence-corrected chi connectivity index (χ3v) is 5.15. The number of nitrogens with zero attached hydrogens (tertiary/aromatic N) is 3. The lowest BCUT2D eigenvalue weighted by molar-refractivity contribution is -0.121. The number of amides is 2. The predicted octanol–water partition coefficient (Wildman–Crippen LogP) is 2.73. The second-order valence-electron chi connectivity index (χ2n) is 5.94. The lowest BCUT2D eigenvalue weighted by Gasteiger charge is -2.32. The molecule has 25 heavy (non-hydrogen) atoms. The zero-order chi connectivity index (χ0) is 17.8. The van der Waals surface area contributed by atoms with Crippen molar-refractivity contribution in [2.75, 3.05) is 18.4 Å². The van der Waals surface area contributed by atoms with Crippen LogP contribution in [0.4, 0.5) is 9.52 Å². The number of rotatable bonds is 4. The summed E-state index contributed by atoms with van der Waals surface area (Å²) in [5.41, 5.74) is 0.430. The van der Waals surface area contributed by atoms with Crippen LogP contribution < -0.4 is 5.32 Å². The SMILES string of the molecule is CCc1nnc(NC(=O)[C@@H]2CCCN(C(=O)c3ccc(F)cc3)C2)s1. The molecule has 6 nitrogen and oxygen atoms in total. The van der Waals surface area contributed by atoms with E-state index in [0.29, 0.717) is 23.8 Å². The van der Waals surface area contributed by atoms with Crippen molar-refractivity contribution in [3.8, 4) is 0 Å². The van der Waals surface area contributed by atoms with E-state index >= 15 is 0 Å². The Labute approximate surface area is 149 Å². The summed E-state index contributed by atoms with van der Waals surface area (Å²) in [6, 6.07) is 5.47. The Morgan fingerprint density at radius 2 is 2.08 bits per heavy atom. The van der Waals surface area contributed by atoms with Gasteiger partial charge >= 0.3 is 0 Å². The molecule has 2 amide bonds. The molecule has 1 aromatic carbocycles. The van der Waals surface area contributed by atoms with E-state index in [9.17, 15) is 14.0 Å². The Hall–Kier alpha value is -2.35. The third kappa shape index (κ3) is 4.19. The number of halogens is 1. The number of nitrogens with one attached hydrogen (secondary N) is 1. The van der Waals surface area contributed by atoms with Gasteiger partial charge in [0.1, 0.15) is 10.8 Å². The molecule has 3 rings (SSSR count). The topological polar surface area (TPSA) is 75.2 Å². The maximum Gasteiger partial charge on any atom is 0.253 e. The van der Waals surface area contributed by atoms with Crippen molar-refractivity contribution >= 4 is 28.3 Å². The molecule has 8 heteroatoms. The molecule has 0 bridgehead atoms. The highest BCUT2D eigenvalue weighted by Crippen LogP contribution is 2.22. The molecule has 1 fully saturated rings. The number of hydrogen-bond acceptors (Lipinski definition) is 5. The number of likely N-dealkylation sites (tertiary alicyclic amines) is 1. The Morgan fingerprint density at radius 1 is 1.32 bits per heavy atom. The largest absolute Gasteiger partial charge is 0.338 e. The van der Waals surface area contributed by atoms with Crippen molar-refractivity contribution in [3.05, 3.63) is 40.7 Å². The molecule has 0 aliphatic carbocycles. The van der Waals surface area contributed by atoms with Gasteiger partial charge in [-0.2, -0.15) is 0 Å².